The van der Waals surface area contributed by atoms with Gasteiger partial charge in [-0.25, -0.2) is 8.42 Å². The van der Waals surface area contributed by atoms with Gasteiger partial charge in [-0.15, -0.1) is 0 Å². The molecular formula is C25H32N4O3S. The molecule has 1 saturated heterocycles. The quantitative estimate of drug-likeness (QED) is 0.610. The van der Waals surface area contributed by atoms with E-state index >= 15 is 0 Å². The molecule has 1 aliphatic heterocycles. The zero-order valence-corrected chi connectivity index (χ0v) is 20.1. The first-order valence-corrected chi connectivity index (χ1v) is 12.9. The smallest absolute Gasteiger partial charge is 0.244 e. The number of hydrogen-bond acceptors (Lipinski definition) is 5. The molecule has 1 heterocycles. The van der Waals surface area contributed by atoms with Crippen molar-refractivity contribution in [1.29, 1.82) is 5.26 Å². The number of nitrogens with one attached hydrogen (secondary N) is 1. The van der Waals surface area contributed by atoms with Gasteiger partial charge >= 0.3 is 0 Å². The average Bonchev–Trinajstić information content (AvgIpc) is 2.86. The summed E-state index contributed by atoms with van der Waals surface area (Å²) in [4.78, 5) is 15.3. The fraction of sp³-hybridized carbons (Fsp3) is 0.440. The highest BCUT2D eigenvalue weighted by Crippen LogP contribution is 2.26. The van der Waals surface area contributed by atoms with Crippen LogP contribution in [-0.2, 0) is 14.8 Å². The molecule has 2 aromatic rings. The third-order valence-electron chi connectivity index (χ3n) is 6.36. The van der Waals surface area contributed by atoms with Gasteiger partial charge in [-0.05, 0) is 43.6 Å². The Morgan fingerprint density at radius 2 is 1.70 bits per heavy atom. The average molecular weight is 469 g/mol. The molecular weight excluding hydrogens is 436 g/mol. The Hall–Kier alpha value is -2.73. The number of nitriles is 1. The van der Waals surface area contributed by atoms with Crippen molar-refractivity contribution < 1.29 is 13.2 Å². The van der Waals surface area contributed by atoms with Crippen molar-refractivity contribution in [2.75, 3.05) is 32.7 Å². The Labute approximate surface area is 197 Å². The highest BCUT2D eigenvalue weighted by molar-refractivity contribution is 7.89. The van der Waals surface area contributed by atoms with Crippen LogP contribution >= 0.6 is 0 Å². The van der Waals surface area contributed by atoms with Crippen LogP contribution < -0.4 is 5.32 Å². The summed E-state index contributed by atoms with van der Waals surface area (Å²) in [5, 5.41) is 12.4. The van der Waals surface area contributed by atoms with E-state index in [2.05, 4.69) is 36.2 Å². The number of carbonyl (C=O) groups excluding carboxylic acids is 1. The summed E-state index contributed by atoms with van der Waals surface area (Å²) in [6.45, 7) is 7.03. The van der Waals surface area contributed by atoms with E-state index in [-0.39, 0.29) is 41.4 Å². The lowest BCUT2D eigenvalue weighted by Gasteiger charge is -2.33. The molecule has 1 unspecified atom stereocenters. The van der Waals surface area contributed by atoms with E-state index in [1.54, 1.807) is 12.1 Å². The molecule has 0 radical (unpaired) electrons. The van der Waals surface area contributed by atoms with E-state index in [4.69, 9.17) is 0 Å². The summed E-state index contributed by atoms with van der Waals surface area (Å²) in [6.07, 6.45) is 0.919. The Morgan fingerprint density at radius 1 is 1.09 bits per heavy atom. The van der Waals surface area contributed by atoms with Gasteiger partial charge in [0, 0.05) is 25.6 Å². The standard InChI is InChI=1S/C25H32N4O3S/c1-3-28(4-2)23(20-10-6-5-7-11-20)19-27-25(30)21-14-16-29(17-15-21)33(31,32)24-13-9-8-12-22(24)18-26/h5-13,21,23H,3-4,14-17,19H2,1-2H3,(H,27,30). The van der Waals surface area contributed by atoms with Crippen molar-refractivity contribution >= 4 is 15.9 Å². The molecule has 0 aliphatic carbocycles. The van der Waals surface area contributed by atoms with Crippen molar-refractivity contribution in [1.82, 2.24) is 14.5 Å². The molecule has 1 amide bonds. The van der Waals surface area contributed by atoms with Crippen molar-refractivity contribution in [3.05, 3.63) is 65.7 Å². The number of benzene rings is 2. The first-order valence-electron chi connectivity index (χ1n) is 11.5. The maximum atomic E-state index is 13.0. The lowest BCUT2D eigenvalue weighted by atomic mass is 9.97. The molecule has 0 spiro atoms. The van der Waals surface area contributed by atoms with Crippen LogP contribution in [0.25, 0.3) is 0 Å². The minimum Gasteiger partial charge on any atom is -0.354 e. The summed E-state index contributed by atoms with van der Waals surface area (Å²) in [7, 11) is -3.76. The third-order valence-corrected chi connectivity index (χ3v) is 8.31. The summed E-state index contributed by atoms with van der Waals surface area (Å²) in [6, 6.07) is 18.4. The number of piperidine rings is 1. The normalized spacial score (nSPS) is 16.3. The number of sulfonamides is 1. The van der Waals surface area contributed by atoms with E-state index in [1.807, 2.05) is 24.3 Å². The molecule has 8 heteroatoms. The van der Waals surface area contributed by atoms with Crippen LogP contribution in [0.2, 0.25) is 0 Å². The fourth-order valence-corrected chi connectivity index (χ4v) is 6.03. The van der Waals surface area contributed by atoms with Crippen LogP contribution in [0.15, 0.2) is 59.5 Å². The molecule has 2 aromatic carbocycles. The first-order chi connectivity index (χ1) is 15.9. The molecule has 1 aliphatic rings. The van der Waals surface area contributed by atoms with Gasteiger partial charge in [-0.1, -0.05) is 56.3 Å². The second kappa shape index (κ2) is 11.4. The Balaban J connectivity index is 1.61. The maximum Gasteiger partial charge on any atom is 0.244 e. The van der Waals surface area contributed by atoms with E-state index in [0.717, 1.165) is 13.1 Å². The van der Waals surface area contributed by atoms with Crippen LogP contribution in [0.1, 0.15) is 43.9 Å². The van der Waals surface area contributed by atoms with E-state index < -0.39 is 10.0 Å². The largest absolute Gasteiger partial charge is 0.354 e. The second-order valence-corrected chi connectivity index (χ2v) is 10.1. The van der Waals surface area contributed by atoms with Crippen LogP contribution in [0, 0.1) is 17.2 Å². The number of amides is 1. The monoisotopic (exact) mass is 468 g/mol. The van der Waals surface area contributed by atoms with Gasteiger partial charge in [0.25, 0.3) is 0 Å². The van der Waals surface area contributed by atoms with E-state index in [0.29, 0.717) is 19.4 Å². The SMILES string of the molecule is CCN(CC)C(CNC(=O)C1CCN(S(=O)(=O)c2ccccc2C#N)CC1)c1ccccc1. The predicted molar refractivity (Wildman–Crippen MR) is 128 cm³/mol. The topological polar surface area (TPSA) is 93.5 Å². The van der Waals surface area contributed by atoms with Crippen LogP contribution in [-0.4, -0.2) is 56.3 Å². The fourth-order valence-electron chi connectivity index (χ4n) is 4.42. The molecule has 33 heavy (non-hydrogen) atoms. The number of rotatable bonds is 9. The maximum absolute atomic E-state index is 13.0. The summed E-state index contributed by atoms with van der Waals surface area (Å²) in [5.41, 5.74) is 1.30. The molecule has 0 bridgehead atoms. The third kappa shape index (κ3) is 5.80. The molecule has 7 nitrogen and oxygen atoms in total. The molecule has 1 atom stereocenters. The zero-order valence-electron chi connectivity index (χ0n) is 19.3. The van der Waals surface area contributed by atoms with Crippen LogP contribution in [0.4, 0.5) is 0 Å². The Bertz CT molecular complexity index is 1070. The van der Waals surface area contributed by atoms with Gasteiger partial charge in [-0.3, -0.25) is 9.69 Å². The van der Waals surface area contributed by atoms with Gasteiger partial charge in [0.1, 0.15) is 6.07 Å². The molecule has 0 aromatic heterocycles. The van der Waals surface area contributed by atoms with Crippen LogP contribution in [0.5, 0.6) is 0 Å². The van der Waals surface area contributed by atoms with Crippen molar-refractivity contribution in [3.8, 4) is 6.07 Å². The molecule has 1 N–H and O–H groups in total. The van der Waals surface area contributed by atoms with Crippen molar-refractivity contribution in [3.63, 3.8) is 0 Å². The van der Waals surface area contributed by atoms with Gasteiger partial charge in [0.15, 0.2) is 0 Å². The lowest BCUT2D eigenvalue weighted by molar-refractivity contribution is -0.126. The van der Waals surface area contributed by atoms with Gasteiger partial charge in [0.05, 0.1) is 16.5 Å². The first kappa shape index (κ1) is 24.9. The van der Waals surface area contributed by atoms with Crippen molar-refractivity contribution in [2.24, 2.45) is 5.92 Å². The van der Waals surface area contributed by atoms with Crippen molar-refractivity contribution in [2.45, 2.75) is 37.6 Å². The Kier molecular flexibility index (Phi) is 8.61. The zero-order chi connectivity index (χ0) is 23.8. The number of carbonyl (C=O) groups is 1. The highest BCUT2D eigenvalue weighted by atomic mass is 32.2. The predicted octanol–water partition coefficient (Wildman–Crippen LogP) is 3.16. The molecule has 1 fully saturated rings. The summed E-state index contributed by atoms with van der Waals surface area (Å²) in [5.74, 6) is -0.256. The summed E-state index contributed by atoms with van der Waals surface area (Å²) < 4.78 is 27.4. The van der Waals surface area contributed by atoms with Gasteiger partial charge < -0.3 is 5.32 Å². The second-order valence-electron chi connectivity index (χ2n) is 8.18. The Morgan fingerprint density at radius 3 is 2.30 bits per heavy atom. The van der Waals surface area contributed by atoms with Gasteiger partial charge in [-0.2, -0.15) is 9.57 Å². The molecule has 176 valence electrons. The number of nitrogens with zero attached hydrogens (tertiary/aromatic N) is 3. The van der Waals surface area contributed by atoms with E-state index in [9.17, 15) is 18.5 Å². The highest BCUT2D eigenvalue weighted by Gasteiger charge is 2.33. The lowest BCUT2D eigenvalue weighted by Crippen LogP contribution is -2.45. The summed E-state index contributed by atoms with van der Waals surface area (Å²) >= 11 is 0. The molecule has 3 rings (SSSR count). The minimum atomic E-state index is -3.76. The van der Waals surface area contributed by atoms with Crippen LogP contribution in [0.3, 0.4) is 0 Å². The number of likely N-dealkylation sites (N-methyl/N-ethyl adjacent to an activating group) is 1. The van der Waals surface area contributed by atoms with Gasteiger partial charge in [0.2, 0.25) is 15.9 Å². The number of hydrogen-bond donors (Lipinski definition) is 1. The molecule has 0 saturated carbocycles. The minimum absolute atomic E-state index is 0.0281. The van der Waals surface area contributed by atoms with E-state index in [1.165, 1.54) is 22.0 Å².